The molecule has 140 valence electrons. The minimum atomic E-state index is -0.959. The zero-order chi connectivity index (χ0) is 18.0. The highest BCUT2D eigenvalue weighted by Gasteiger charge is 2.44. The molecule has 3 rings (SSSR count). The number of carbonyl (C=O) groups excluding carboxylic acids is 2. The fourth-order valence-electron chi connectivity index (χ4n) is 4.46. The maximum absolute atomic E-state index is 12.4. The van der Waals surface area contributed by atoms with Gasteiger partial charge in [0.2, 0.25) is 5.91 Å². The van der Waals surface area contributed by atoms with E-state index in [1.807, 2.05) is 4.90 Å². The van der Waals surface area contributed by atoms with E-state index in [2.05, 4.69) is 5.32 Å². The van der Waals surface area contributed by atoms with Crippen LogP contribution in [0.2, 0.25) is 0 Å². The molecule has 1 spiro atoms. The first-order chi connectivity index (χ1) is 11.9. The third-order valence-electron chi connectivity index (χ3n) is 6.31. The second kappa shape index (κ2) is 7.22. The van der Waals surface area contributed by atoms with Gasteiger partial charge in [0.15, 0.2) is 0 Å². The molecule has 3 fully saturated rings. The number of carboxylic acids is 1. The topological polar surface area (TPSA) is 90.0 Å². The van der Waals surface area contributed by atoms with E-state index in [4.69, 9.17) is 0 Å². The minimum absolute atomic E-state index is 0.0318. The largest absolute Gasteiger partial charge is 0.480 e. The first-order valence-electron chi connectivity index (χ1n) is 9.48. The fourth-order valence-corrected chi connectivity index (χ4v) is 4.46. The third kappa shape index (κ3) is 3.90. The molecule has 0 aromatic rings. The van der Waals surface area contributed by atoms with Gasteiger partial charge in [-0.15, -0.1) is 0 Å². The molecular weight excluding hydrogens is 322 g/mol. The number of nitrogens with one attached hydrogen (secondary N) is 1. The summed E-state index contributed by atoms with van der Waals surface area (Å²) in [6, 6.07) is -0.430. The van der Waals surface area contributed by atoms with Crippen molar-refractivity contribution >= 4 is 17.9 Å². The van der Waals surface area contributed by atoms with Crippen LogP contribution in [0.3, 0.4) is 0 Å². The second-order valence-electron chi connectivity index (χ2n) is 7.95. The summed E-state index contributed by atoms with van der Waals surface area (Å²) in [6.07, 6.45) is 7.42. The smallest absolute Gasteiger partial charge is 0.326 e. The average molecular weight is 351 g/mol. The average Bonchev–Trinajstić information content (AvgIpc) is 3.10. The Labute approximate surface area is 148 Å². The number of urea groups is 1. The van der Waals surface area contributed by atoms with Crippen molar-refractivity contribution in [2.24, 2.45) is 5.41 Å². The van der Waals surface area contributed by atoms with Gasteiger partial charge in [-0.1, -0.05) is 12.8 Å². The second-order valence-corrected chi connectivity index (χ2v) is 7.95. The third-order valence-corrected chi connectivity index (χ3v) is 6.31. The van der Waals surface area contributed by atoms with Crippen LogP contribution in [0.25, 0.3) is 0 Å². The van der Waals surface area contributed by atoms with Crippen LogP contribution in [-0.2, 0) is 9.59 Å². The van der Waals surface area contributed by atoms with Gasteiger partial charge in [-0.3, -0.25) is 4.79 Å². The molecule has 7 nitrogen and oxygen atoms in total. The molecule has 2 N–H and O–H groups in total. The van der Waals surface area contributed by atoms with E-state index in [1.54, 1.807) is 6.92 Å². The molecule has 0 bridgehead atoms. The number of hydrogen-bond donors (Lipinski definition) is 2. The van der Waals surface area contributed by atoms with Gasteiger partial charge in [0.05, 0.1) is 0 Å². The molecule has 0 aromatic carbocycles. The Morgan fingerprint density at radius 2 is 1.84 bits per heavy atom. The molecule has 0 aromatic heterocycles. The molecule has 7 heteroatoms. The van der Waals surface area contributed by atoms with Gasteiger partial charge < -0.3 is 20.2 Å². The molecule has 2 saturated heterocycles. The Morgan fingerprint density at radius 1 is 1.20 bits per heavy atom. The number of aliphatic carboxylic acids is 1. The highest BCUT2D eigenvalue weighted by Crippen LogP contribution is 2.40. The van der Waals surface area contributed by atoms with E-state index in [0.717, 1.165) is 32.1 Å². The van der Waals surface area contributed by atoms with E-state index in [0.29, 0.717) is 32.1 Å². The van der Waals surface area contributed by atoms with Gasteiger partial charge in [0, 0.05) is 32.1 Å². The van der Waals surface area contributed by atoms with E-state index in [1.165, 1.54) is 17.7 Å². The SMILES string of the molecule is C[C@@H](C(=O)O)N1CC2(CCC1=O)CCN(C(=O)NC1CCCC1)CC2. The summed E-state index contributed by atoms with van der Waals surface area (Å²) in [4.78, 5) is 39.2. The molecule has 25 heavy (non-hydrogen) atoms. The van der Waals surface area contributed by atoms with Crippen molar-refractivity contribution in [1.82, 2.24) is 15.1 Å². The van der Waals surface area contributed by atoms with Crippen LogP contribution >= 0.6 is 0 Å². The van der Waals surface area contributed by atoms with Crippen molar-refractivity contribution in [2.75, 3.05) is 19.6 Å². The number of likely N-dealkylation sites (tertiary alicyclic amines) is 2. The first kappa shape index (κ1) is 18.0. The highest BCUT2D eigenvalue weighted by atomic mass is 16.4. The zero-order valence-electron chi connectivity index (χ0n) is 15.0. The van der Waals surface area contributed by atoms with Gasteiger partial charge >= 0.3 is 12.0 Å². The number of carboxylic acid groups (broad SMARTS) is 1. The molecule has 3 aliphatic rings. The molecule has 2 aliphatic heterocycles. The Hall–Kier alpha value is -1.79. The van der Waals surface area contributed by atoms with E-state index < -0.39 is 12.0 Å². The summed E-state index contributed by atoms with van der Waals surface area (Å²) < 4.78 is 0. The minimum Gasteiger partial charge on any atom is -0.480 e. The molecule has 3 amide bonds. The Morgan fingerprint density at radius 3 is 2.44 bits per heavy atom. The first-order valence-corrected chi connectivity index (χ1v) is 9.48. The predicted molar refractivity (Wildman–Crippen MR) is 92.1 cm³/mol. The highest BCUT2D eigenvalue weighted by molar-refractivity contribution is 5.84. The fraction of sp³-hybridized carbons (Fsp3) is 0.833. The molecule has 1 atom stereocenters. The van der Waals surface area contributed by atoms with Crippen molar-refractivity contribution in [3.63, 3.8) is 0 Å². The molecule has 0 unspecified atom stereocenters. The van der Waals surface area contributed by atoms with Crippen molar-refractivity contribution < 1.29 is 19.5 Å². The van der Waals surface area contributed by atoms with Crippen molar-refractivity contribution in [3.8, 4) is 0 Å². The maximum atomic E-state index is 12.4. The summed E-state index contributed by atoms with van der Waals surface area (Å²) in [5.74, 6) is -1.03. The summed E-state index contributed by atoms with van der Waals surface area (Å²) in [5.41, 5.74) is -0.0399. The molecule has 0 radical (unpaired) electrons. The van der Waals surface area contributed by atoms with Crippen LogP contribution in [0.5, 0.6) is 0 Å². The maximum Gasteiger partial charge on any atom is 0.326 e. The molecule has 1 aliphatic carbocycles. The Bertz CT molecular complexity index is 536. The number of amides is 3. The number of piperidine rings is 2. The number of carbonyl (C=O) groups is 3. The lowest BCUT2D eigenvalue weighted by Crippen LogP contribution is -2.57. The lowest BCUT2D eigenvalue weighted by atomic mass is 9.72. The van der Waals surface area contributed by atoms with Crippen LogP contribution in [0, 0.1) is 5.41 Å². The number of rotatable bonds is 3. The van der Waals surface area contributed by atoms with E-state index >= 15 is 0 Å². The number of hydrogen-bond acceptors (Lipinski definition) is 3. The van der Waals surface area contributed by atoms with Crippen molar-refractivity contribution in [2.45, 2.75) is 70.4 Å². The lowest BCUT2D eigenvalue weighted by Gasteiger charge is -2.48. The summed E-state index contributed by atoms with van der Waals surface area (Å²) in [6.45, 7) is 3.44. The summed E-state index contributed by atoms with van der Waals surface area (Å²) >= 11 is 0. The molecule has 2 heterocycles. The van der Waals surface area contributed by atoms with Crippen LogP contribution in [0.1, 0.15) is 58.3 Å². The Kier molecular flexibility index (Phi) is 5.20. The van der Waals surface area contributed by atoms with Crippen LogP contribution < -0.4 is 5.32 Å². The van der Waals surface area contributed by atoms with E-state index in [-0.39, 0.29) is 17.4 Å². The van der Waals surface area contributed by atoms with Gasteiger partial charge in [0.1, 0.15) is 6.04 Å². The molecular formula is C18H29N3O4. The quantitative estimate of drug-likeness (QED) is 0.811. The number of nitrogens with zero attached hydrogens (tertiary/aromatic N) is 2. The van der Waals surface area contributed by atoms with Gasteiger partial charge in [-0.2, -0.15) is 0 Å². The molecule has 1 saturated carbocycles. The van der Waals surface area contributed by atoms with E-state index in [9.17, 15) is 19.5 Å². The van der Waals surface area contributed by atoms with Gasteiger partial charge in [0.25, 0.3) is 0 Å². The predicted octanol–water partition coefficient (Wildman–Crippen LogP) is 1.82. The van der Waals surface area contributed by atoms with Crippen LogP contribution in [0.4, 0.5) is 4.79 Å². The van der Waals surface area contributed by atoms with Crippen LogP contribution in [0.15, 0.2) is 0 Å². The van der Waals surface area contributed by atoms with Gasteiger partial charge in [-0.25, -0.2) is 9.59 Å². The Balaban J connectivity index is 1.55. The lowest BCUT2D eigenvalue weighted by molar-refractivity contribution is -0.154. The normalized spacial score (nSPS) is 25.2. The van der Waals surface area contributed by atoms with Crippen LogP contribution in [-0.4, -0.2) is 64.5 Å². The standard InChI is InChI=1S/C18H29N3O4/c1-13(16(23)24)21-12-18(7-6-15(21)22)8-10-20(11-9-18)17(25)19-14-4-2-3-5-14/h13-14H,2-12H2,1H3,(H,19,25)(H,23,24)/t13-/m0/s1. The zero-order valence-corrected chi connectivity index (χ0v) is 15.0. The summed E-state index contributed by atoms with van der Waals surface area (Å²) in [7, 11) is 0. The van der Waals surface area contributed by atoms with Crippen molar-refractivity contribution in [3.05, 3.63) is 0 Å². The van der Waals surface area contributed by atoms with Crippen molar-refractivity contribution in [1.29, 1.82) is 0 Å². The monoisotopic (exact) mass is 351 g/mol. The van der Waals surface area contributed by atoms with Gasteiger partial charge in [-0.05, 0) is 44.4 Å². The summed E-state index contributed by atoms with van der Waals surface area (Å²) in [5, 5.41) is 12.4.